The van der Waals surface area contributed by atoms with Crippen LogP contribution in [0, 0.1) is 0 Å². The lowest BCUT2D eigenvalue weighted by Gasteiger charge is -2.26. The third kappa shape index (κ3) is 6.76. The van der Waals surface area contributed by atoms with Crippen molar-refractivity contribution < 1.29 is 19.1 Å². The molecule has 3 aromatic carbocycles. The van der Waals surface area contributed by atoms with Crippen molar-refractivity contribution in [1.82, 2.24) is 10.2 Å². The molecule has 0 radical (unpaired) electrons. The number of benzene rings is 3. The Labute approximate surface area is 238 Å². The van der Waals surface area contributed by atoms with Crippen molar-refractivity contribution in [1.29, 1.82) is 0 Å². The minimum absolute atomic E-state index is 0.167. The summed E-state index contributed by atoms with van der Waals surface area (Å²) in [6.45, 7) is 0.793. The number of amides is 2. The SMILES string of the molecule is COCCN1C(=O)/C(=C/c2ccc(OC(NC(=O)c3cccc4ccccc34)C(Cl)(Cl)Cl)cc2)SC1=S. The van der Waals surface area contributed by atoms with Crippen LogP contribution < -0.4 is 10.1 Å². The van der Waals surface area contributed by atoms with Crippen molar-refractivity contribution in [2.45, 2.75) is 10.0 Å². The molecule has 1 saturated heterocycles. The minimum Gasteiger partial charge on any atom is -0.466 e. The molecule has 1 atom stereocenters. The predicted octanol–water partition coefficient (Wildman–Crippen LogP) is 6.19. The standard InChI is InChI=1S/C26H21Cl3N2O4S2/c1-34-14-13-31-23(33)21(37-25(31)36)15-16-9-11-18(12-10-16)35-24(26(27,28)29)30-22(32)20-8-4-6-17-5-2-3-7-19(17)20/h2-12,15,24H,13-14H2,1H3,(H,30,32)/b21-15-. The van der Waals surface area contributed by atoms with Crippen LogP contribution in [0.15, 0.2) is 71.6 Å². The first kappa shape index (κ1) is 27.7. The van der Waals surface area contributed by atoms with Crippen LogP contribution in [0.4, 0.5) is 0 Å². The van der Waals surface area contributed by atoms with Gasteiger partial charge in [0.1, 0.15) is 10.1 Å². The van der Waals surface area contributed by atoms with E-state index in [0.29, 0.717) is 33.7 Å². The fourth-order valence-corrected chi connectivity index (χ4v) is 5.21. The van der Waals surface area contributed by atoms with E-state index < -0.39 is 15.9 Å². The Bertz CT molecular complexity index is 1350. The molecule has 2 amide bonds. The second-order valence-corrected chi connectivity index (χ2v) is 12.0. The van der Waals surface area contributed by atoms with E-state index >= 15 is 0 Å². The number of nitrogens with one attached hydrogen (secondary N) is 1. The fraction of sp³-hybridized carbons (Fsp3) is 0.192. The van der Waals surface area contributed by atoms with E-state index in [4.69, 9.17) is 56.5 Å². The van der Waals surface area contributed by atoms with Gasteiger partial charge in [0.25, 0.3) is 11.8 Å². The van der Waals surface area contributed by atoms with Gasteiger partial charge in [0.05, 0.1) is 18.1 Å². The first-order valence-corrected chi connectivity index (χ1v) is 13.4. The van der Waals surface area contributed by atoms with Crippen molar-refractivity contribution in [2.24, 2.45) is 0 Å². The highest BCUT2D eigenvalue weighted by Crippen LogP contribution is 2.34. The van der Waals surface area contributed by atoms with Crippen molar-refractivity contribution in [2.75, 3.05) is 20.3 Å². The summed E-state index contributed by atoms with van der Waals surface area (Å²) in [5.74, 6) is -0.251. The fourth-order valence-electron chi connectivity index (χ4n) is 3.60. The van der Waals surface area contributed by atoms with Crippen LogP contribution in [0.1, 0.15) is 15.9 Å². The number of hydrogen-bond acceptors (Lipinski definition) is 6. The number of alkyl halides is 3. The third-order valence-corrected chi connectivity index (χ3v) is 7.39. The second kappa shape index (κ2) is 12.0. The number of hydrogen-bond donors (Lipinski definition) is 1. The molecule has 1 aliphatic heterocycles. The number of rotatable bonds is 8. The molecular weight excluding hydrogens is 575 g/mol. The summed E-state index contributed by atoms with van der Waals surface area (Å²) in [6, 6.07) is 19.7. The lowest BCUT2D eigenvalue weighted by molar-refractivity contribution is -0.122. The zero-order valence-electron chi connectivity index (χ0n) is 19.5. The Hall–Kier alpha value is -2.33. The maximum atomic E-state index is 13.1. The van der Waals surface area contributed by atoms with Crippen molar-refractivity contribution >= 4 is 91.8 Å². The number of halogens is 3. The van der Waals surface area contributed by atoms with Gasteiger partial charge in [0.15, 0.2) is 0 Å². The molecule has 1 fully saturated rings. The van der Waals surface area contributed by atoms with Crippen LogP contribution in [0.3, 0.4) is 0 Å². The van der Waals surface area contributed by atoms with Gasteiger partial charge in [0.2, 0.25) is 10.0 Å². The Morgan fingerprint density at radius 1 is 1.11 bits per heavy atom. The van der Waals surface area contributed by atoms with Crippen LogP contribution in [0.25, 0.3) is 16.8 Å². The van der Waals surface area contributed by atoms with Gasteiger partial charge in [-0.25, -0.2) is 0 Å². The zero-order chi connectivity index (χ0) is 26.6. The van der Waals surface area contributed by atoms with E-state index in [0.717, 1.165) is 16.3 Å². The molecule has 192 valence electrons. The Morgan fingerprint density at radius 3 is 2.51 bits per heavy atom. The molecule has 3 aromatic rings. The third-order valence-electron chi connectivity index (χ3n) is 5.42. The number of ether oxygens (including phenoxy) is 2. The van der Waals surface area contributed by atoms with Gasteiger partial charge in [-0.15, -0.1) is 0 Å². The van der Waals surface area contributed by atoms with Gasteiger partial charge in [-0.2, -0.15) is 0 Å². The molecular formula is C26H21Cl3N2O4S2. The largest absolute Gasteiger partial charge is 0.466 e. The number of thiocarbonyl (C=S) groups is 1. The van der Waals surface area contributed by atoms with Gasteiger partial charge >= 0.3 is 0 Å². The second-order valence-electron chi connectivity index (χ2n) is 7.93. The van der Waals surface area contributed by atoms with Crippen LogP contribution >= 0.6 is 58.8 Å². The zero-order valence-corrected chi connectivity index (χ0v) is 23.4. The molecule has 0 aliphatic carbocycles. The maximum absolute atomic E-state index is 13.1. The van der Waals surface area contributed by atoms with Gasteiger partial charge in [-0.3, -0.25) is 14.5 Å². The van der Waals surface area contributed by atoms with Gasteiger partial charge in [0, 0.05) is 12.7 Å². The molecule has 4 rings (SSSR count). The van der Waals surface area contributed by atoms with Crippen molar-refractivity contribution in [3.63, 3.8) is 0 Å². The Balaban J connectivity index is 1.48. The normalized spacial score (nSPS) is 15.9. The molecule has 1 N–H and O–H groups in total. The van der Waals surface area contributed by atoms with E-state index in [2.05, 4.69) is 5.32 Å². The van der Waals surface area contributed by atoms with E-state index in [-0.39, 0.29) is 5.91 Å². The lowest BCUT2D eigenvalue weighted by atomic mass is 10.0. The summed E-state index contributed by atoms with van der Waals surface area (Å²) in [5, 5.41) is 4.35. The molecule has 0 aromatic heterocycles. The highest BCUT2D eigenvalue weighted by molar-refractivity contribution is 8.26. The topological polar surface area (TPSA) is 67.9 Å². The monoisotopic (exact) mass is 594 g/mol. The summed E-state index contributed by atoms with van der Waals surface area (Å²) < 4.78 is 9.42. The van der Waals surface area contributed by atoms with Crippen LogP contribution in [0.5, 0.6) is 5.75 Å². The molecule has 1 heterocycles. The highest BCUT2D eigenvalue weighted by atomic mass is 35.6. The molecule has 1 unspecified atom stereocenters. The maximum Gasteiger partial charge on any atom is 0.266 e. The summed E-state index contributed by atoms with van der Waals surface area (Å²) in [6.07, 6.45) is 0.469. The average molecular weight is 596 g/mol. The van der Waals surface area contributed by atoms with Crippen molar-refractivity contribution in [3.8, 4) is 5.75 Å². The first-order chi connectivity index (χ1) is 17.7. The highest BCUT2D eigenvalue weighted by Gasteiger charge is 2.37. The molecule has 1 aliphatic rings. The molecule has 37 heavy (non-hydrogen) atoms. The minimum atomic E-state index is -1.95. The number of carbonyl (C=O) groups excluding carboxylic acids is 2. The smallest absolute Gasteiger partial charge is 0.266 e. The van der Waals surface area contributed by atoms with E-state index in [1.807, 2.05) is 30.3 Å². The summed E-state index contributed by atoms with van der Waals surface area (Å²) >= 11 is 25.0. The molecule has 11 heteroatoms. The Morgan fingerprint density at radius 2 is 1.81 bits per heavy atom. The number of fused-ring (bicyclic) bond motifs is 1. The van der Waals surface area contributed by atoms with Gasteiger partial charge in [-0.1, -0.05) is 107 Å². The number of methoxy groups -OCH3 is 1. The quantitative estimate of drug-likeness (QED) is 0.145. The van der Waals surface area contributed by atoms with E-state index in [9.17, 15) is 9.59 Å². The van der Waals surface area contributed by atoms with E-state index in [1.165, 1.54) is 16.7 Å². The van der Waals surface area contributed by atoms with Gasteiger partial charge in [-0.05, 0) is 40.6 Å². The predicted molar refractivity (Wildman–Crippen MR) is 154 cm³/mol. The lowest BCUT2D eigenvalue weighted by Crippen LogP contribution is -2.47. The Kier molecular flexibility index (Phi) is 9.00. The number of carbonyl (C=O) groups is 2. The average Bonchev–Trinajstić information content (AvgIpc) is 3.14. The van der Waals surface area contributed by atoms with Crippen molar-refractivity contribution in [3.05, 3.63) is 82.8 Å². The molecule has 0 bridgehead atoms. The van der Waals surface area contributed by atoms with Crippen LogP contribution in [0.2, 0.25) is 0 Å². The van der Waals surface area contributed by atoms with E-state index in [1.54, 1.807) is 49.6 Å². The summed E-state index contributed by atoms with van der Waals surface area (Å²) in [7, 11) is 1.57. The summed E-state index contributed by atoms with van der Waals surface area (Å²) in [4.78, 5) is 27.7. The van der Waals surface area contributed by atoms with Crippen LogP contribution in [-0.4, -0.2) is 51.3 Å². The summed E-state index contributed by atoms with van der Waals surface area (Å²) in [5.41, 5.74) is 1.18. The molecule has 6 nitrogen and oxygen atoms in total. The number of thioether (sulfide) groups is 1. The first-order valence-electron chi connectivity index (χ1n) is 11.0. The molecule has 0 saturated carbocycles. The van der Waals surface area contributed by atoms with Gasteiger partial charge < -0.3 is 14.8 Å². The number of nitrogens with zero attached hydrogens (tertiary/aromatic N) is 1. The molecule has 0 spiro atoms. The van der Waals surface area contributed by atoms with Crippen LogP contribution in [-0.2, 0) is 9.53 Å².